The molecule has 0 fully saturated rings. The first kappa shape index (κ1) is 15.5. The lowest BCUT2D eigenvalue weighted by molar-refractivity contribution is 0.113. The van der Waals surface area contributed by atoms with Crippen molar-refractivity contribution < 1.29 is 10.2 Å². The van der Waals surface area contributed by atoms with E-state index in [4.69, 9.17) is 5.11 Å². The molecule has 1 aromatic rings. The molecule has 0 aromatic heterocycles. The molecule has 0 bridgehead atoms. The van der Waals surface area contributed by atoms with E-state index in [1.54, 1.807) is 11.8 Å². The van der Waals surface area contributed by atoms with Crippen molar-refractivity contribution in [3.63, 3.8) is 0 Å². The fourth-order valence-electron chi connectivity index (χ4n) is 1.86. The van der Waals surface area contributed by atoms with E-state index in [2.05, 4.69) is 37.4 Å². The minimum Gasteiger partial charge on any atom is -0.394 e. The standard InChI is InChI=1S/C14H23NO2S/c1-3-15-14(10-18-9-12(17)8-16)13-7-5-4-6-11(13)2/h4-7,12,14-17H,3,8-10H2,1-2H3. The second kappa shape index (κ2) is 8.53. The molecule has 2 atom stereocenters. The Morgan fingerprint density at radius 3 is 2.61 bits per heavy atom. The van der Waals surface area contributed by atoms with Gasteiger partial charge in [0.15, 0.2) is 0 Å². The first-order valence-electron chi connectivity index (χ1n) is 6.34. The van der Waals surface area contributed by atoms with Crippen LogP contribution in [0.5, 0.6) is 0 Å². The van der Waals surface area contributed by atoms with Crippen molar-refractivity contribution in [2.75, 3.05) is 24.7 Å². The number of aliphatic hydroxyl groups is 2. The Hall–Kier alpha value is -0.550. The SMILES string of the molecule is CCNC(CSCC(O)CO)c1ccccc1C. The predicted octanol–water partition coefficient (Wildman–Crippen LogP) is 1.73. The van der Waals surface area contributed by atoms with Gasteiger partial charge >= 0.3 is 0 Å². The fourth-order valence-corrected chi connectivity index (χ4v) is 2.90. The van der Waals surface area contributed by atoms with Crippen LogP contribution < -0.4 is 5.32 Å². The smallest absolute Gasteiger partial charge is 0.0861 e. The van der Waals surface area contributed by atoms with Gasteiger partial charge in [-0.3, -0.25) is 0 Å². The summed E-state index contributed by atoms with van der Waals surface area (Å²) in [5.41, 5.74) is 2.59. The van der Waals surface area contributed by atoms with Gasteiger partial charge in [0.05, 0.1) is 12.7 Å². The quantitative estimate of drug-likeness (QED) is 0.673. The number of hydrogen-bond acceptors (Lipinski definition) is 4. The summed E-state index contributed by atoms with van der Waals surface area (Å²) < 4.78 is 0. The Balaban J connectivity index is 2.57. The molecule has 102 valence electrons. The van der Waals surface area contributed by atoms with E-state index >= 15 is 0 Å². The molecule has 0 heterocycles. The first-order chi connectivity index (χ1) is 8.69. The summed E-state index contributed by atoms with van der Waals surface area (Å²) in [6, 6.07) is 8.66. The van der Waals surface area contributed by atoms with E-state index in [1.165, 1.54) is 11.1 Å². The van der Waals surface area contributed by atoms with E-state index in [9.17, 15) is 5.11 Å². The minimum atomic E-state index is -0.617. The normalized spacial score (nSPS) is 14.4. The maximum Gasteiger partial charge on any atom is 0.0861 e. The van der Waals surface area contributed by atoms with Crippen LogP contribution in [0.1, 0.15) is 24.1 Å². The third-order valence-corrected chi connectivity index (χ3v) is 4.01. The second-order valence-electron chi connectivity index (χ2n) is 4.34. The largest absolute Gasteiger partial charge is 0.394 e. The summed E-state index contributed by atoms with van der Waals surface area (Å²) in [7, 11) is 0. The highest BCUT2D eigenvalue weighted by Gasteiger charge is 2.13. The zero-order valence-electron chi connectivity index (χ0n) is 11.1. The average molecular weight is 269 g/mol. The van der Waals surface area contributed by atoms with Gasteiger partial charge in [-0.05, 0) is 24.6 Å². The van der Waals surface area contributed by atoms with Gasteiger partial charge in [0.25, 0.3) is 0 Å². The Morgan fingerprint density at radius 2 is 2.00 bits per heavy atom. The highest BCUT2D eigenvalue weighted by molar-refractivity contribution is 7.99. The molecule has 0 aliphatic heterocycles. The zero-order valence-corrected chi connectivity index (χ0v) is 11.9. The fraction of sp³-hybridized carbons (Fsp3) is 0.571. The maximum atomic E-state index is 9.33. The van der Waals surface area contributed by atoms with E-state index in [0.29, 0.717) is 11.8 Å². The second-order valence-corrected chi connectivity index (χ2v) is 5.42. The average Bonchev–Trinajstić information content (AvgIpc) is 2.38. The number of rotatable bonds is 8. The summed E-state index contributed by atoms with van der Waals surface area (Å²) in [4.78, 5) is 0. The summed E-state index contributed by atoms with van der Waals surface area (Å²) in [5.74, 6) is 1.47. The highest BCUT2D eigenvalue weighted by atomic mass is 32.2. The number of nitrogens with one attached hydrogen (secondary N) is 1. The molecule has 0 saturated carbocycles. The van der Waals surface area contributed by atoms with Crippen LogP contribution in [0.25, 0.3) is 0 Å². The molecule has 0 aliphatic carbocycles. The molecule has 3 N–H and O–H groups in total. The van der Waals surface area contributed by atoms with Gasteiger partial charge in [0.2, 0.25) is 0 Å². The van der Waals surface area contributed by atoms with E-state index < -0.39 is 6.10 Å². The molecule has 2 unspecified atom stereocenters. The van der Waals surface area contributed by atoms with E-state index in [1.807, 2.05) is 6.07 Å². The third-order valence-electron chi connectivity index (χ3n) is 2.82. The molecular weight excluding hydrogens is 246 g/mol. The lowest BCUT2D eigenvalue weighted by atomic mass is 10.0. The molecule has 0 saturated heterocycles. The summed E-state index contributed by atoms with van der Waals surface area (Å²) in [6.45, 7) is 4.97. The molecule has 1 rings (SSSR count). The Kier molecular flexibility index (Phi) is 7.35. The lowest BCUT2D eigenvalue weighted by Crippen LogP contribution is -2.25. The number of hydrogen-bond donors (Lipinski definition) is 3. The topological polar surface area (TPSA) is 52.5 Å². The minimum absolute atomic E-state index is 0.163. The van der Waals surface area contributed by atoms with E-state index in [-0.39, 0.29) is 6.61 Å². The third kappa shape index (κ3) is 4.98. The van der Waals surface area contributed by atoms with Crippen molar-refractivity contribution in [1.82, 2.24) is 5.32 Å². The first-order valence-corrected chi connectivity index (χ1v) is 7.50. The molecule has 0 amide bonds. The molecule has 4 heteroatoms. The number of aryl methyl sites for hydroxylation is 1. The van der Waals surface area contributed by atoms with Crippen LogP contribution in [0, 0.1) is 6.92 Å². The molecule has 1 aromatic carbocycles. The summed E-state index contributed by atoms with van der Waals surface area (Å²) >= 11 is 1.67. The summed E-state index contributed by atoms with van der Waals surface area (Å²) in [6.07, 6.45) is -0.617. The Bertz CT molecular complexity index is 346. The monoisotopic (exact) mass is 269 g/mol. The van der Waals surface area contributed by atoms with Gasteiger partial charge < -0.3 is 15.5 Å². The molecular formula is C14H23NO2S. The van der Waals surface area contributed by atoms with Gasteiger partial charge in [0, 0.05) is 17.5 Å². The van der Waals surface area contributed by atoms with Crippen LogP contribution in [0.4, 0.5) is 0 Å². The van der Waals surface area contributed by atoms with Gasteiger partial charge in [0.1, 0.15) is 0 Å². The van der Waals surface area contributed by atoms with Crippen molar-refractivity contribution in [3.8, 4) is 0 Å². The molecule has 0 aliphatic rings. The van der Waals surface area contributed by atoms with Crippen LogP contribution in [-0.2, 0) is 0 Å². The highest BCUT2D eigenvalue weighted by Crippen LogP contribution is 2.21. The summed E-state index contributed by atoms with van der Waals surface area (Å²) in [5, 5.41) is 21.6. The Morgan fingerprint density at radius 1 is 1.28 bits per heavy atom. The maximum absolute atomic E-state index is 9.33. The van der Waals surface area contributed by atoms with Crippen LogP contribution in [0.15, 0.2) is 24.3 Å². The molecule has 0 radical (unpaired) electrons. The van der Waals surface area contributed by atoms with E-state index in [0.717, 1.165) is 12.3 Å². The predicted molar refractivity (Wildman–Crippen MR) is 78.0 cm³/mol. The van der Waals surface area contributed by atoms with Crippen LogP contribution >= 0.6 is 11.8 Å². The number of aliphatic hydroxyl groups excluding tert-OH is 2. The number of thioether (sulfide) groups is 1. The van der Waals surface area contributed by atoms with Crippen molar-refractivity contribution in [2.24, 2.45) is 0 Å². The van der Waals surface area contributed by atoms with Crippen molar-refractivity contribution in [2.45, 2.75) is 26.0 Å². The van der Waals surface area contributed by atoms with Crippen LogP contribution in [0.3, 0.4) is 0 Å². The van der Waals surface area contributed by atoms with Crippen LogP contribution in [-0.4, -0.2) is 41.0 Å². The molecule has 3 nitrogen and oxygen atoms in total. The van der Waals surface area contributed by atoms with Gasteiger partial charge in [-0.1, -0.05) is 31.2 Å². The van der Waals surface area contributed by atoms with Crippen molar-refractivity contribution >= 4 is 11.8 Å². The molecule has 0 spiro atoms. The van der Waals surface area contributed by atoms with Gasteiger partial charge in [-0.15, -0.1) is 0 Å². The van der Waals surface area contributed by atoms with Crippen LogP contribution in [0.2, 0.25) is 0 Å². The van der Waals surface area contributed by atoms with Gasteiger partial charge in [-0.25, -0.2) is 0 Å². The zero-order chi connectivity index (χ0) is 13.4. The van der Waals surface area contributed by atoms with Crippen molar-refractivity contribution in [1.29, 1.82) is 0 Å². The number of benzene rings is 1. The van der Waals surface area contributed by atoms with Crippen molar-refractivity contribution in [3.05, 3.63) is 35.4 Å². The Labute approximate surface area is 114 Å². The lowest BCUT2D eigenvalue weighted by Gasteiger charge is -2.20. The molecule has 18 heavy (non-hydrogen) atoms. The van der Waals surface area contributed by atoms with Gasteiger partial charge in [-0.2, -0.15) is 11.8 Å².